The van der Waals surface area contributed by atoms with Crippen molar-refractivity contribution in [2.75, 3.05) is 11.9 Å². The molecule has 1 aromatic carbocycles. The largest absolute Gasteiger partial charge is 0.586 e. The Morgan fingerprint density at radius 1 is 1.23 bits per heavy atom. The maximum absolute atomic E-state index is 14.0. The van der Waals surface area contributed by atoms with Crippen molar-refractivity contribution in [1.29, 1.82) is 0 Å². The molecule has 9 nitrogen and oxygen atoms in total. The van der Waals surface area contributed by atoms with Gasteiger partial charge in [0.05, 0.1) is 12.7 Å². The van der Waals surface area contributed by atoms with Crippen LogP contribution in [0, 0.1) is 0 Å². The molecule has 0 saturated carbocycles. The fourth-order valence-corrected chi connectivity index (χ4v) is 3.05. The topological polar surface area (TPSA) is 112 Å². The van der Waals surface area contributed by atoms with E-state index < -0.39 is 49.2 Å². The molecule has 0 aliphatic carbocycles. The summed E-state index contributed by atoms with van der Waals surface area (Å²) in [5.74, 6) is -5.09. The van der Waals surface area contributed by atoms with E-state index >= 15 is 0 Å². The third kappa shape index (κ3) is 3.68. The minimum atomic E-state index is -3.84. The Balaban J connectivity index is 1.51. The van der Waals surface area contributed by atoms with E-state index in [-0.39, 0.29) is 22.9 Å². The number of fused-ring (bicyclic) bond motifs is 1. The number of rotatable bonds is 4. The zero-order valence-corrected chi connectivity index (χ0v) is 14.9. The second-order valence-corrected chi connectivity index (χ2v) is 6.54. The molecule has 4 rings (SSSR count). The standard InChI is InChI=1S/C17H13F4N3O6/c18-16(19)6-9(7-25)28-14(16)24-4-3-12(23-15(24)27)22-13(26)8-1-2-10-11(5-8)30-17(20,21)29-10/h1-5,9,14,25H,6-7H2,(H,22,23,26,27). The Kier molecular flexibility index (Phi) is 4.66. The van der Waals surface area contributed by atoms with Crippen molar-refractivity contribution >= 4 is 11.7 Å². The lowest BCUT2D eigenvalue weighted by Crippen LogP contribution is -2.35. The number of aliphatic hydroxyl groups excluding tert-OH is 1. The monoisotopic (exact) mass is 431 g/mol. The normalized spacial score (nSPS) is 23.4. The van der Waals surface area contributed by atoms with Gasteiger partial charge in [-0.3, -0.25) is 9.36 Å². The molecule has 0 spiro atoms. The summed E-state index contributed by atoms with van der Waals surface area (Å²) in [6.07, 6.45) is -6.72. The Labute approximate surface area is 164 Å². The van der Waals surface area contributed by atoms with Crippen LogP contribution in [0.5, 0.6) is 11.5 Å². The maximum Gasteiger partial charge on any atom is 0.586 e. The van der Waals surface area contributed by atoms with Gasteiger partial charge >= 0.3 is 12.0 Å². The van der Waals surface area contributed by atoms with Crippen LogP contribution < -0.4 is 20.5 Å². The van der Waals surface area contributed by atoms with Gasteiger partial charge in [-0.2, -0.15) is 4.98 Å². The van der Waals surface area contributed by atoms with Crippen molar-refractivity contribution in [1.82, 2.24) is 9.55 Å². The first-order valence-electron chi connectivity index (χ1n) is 8.52. The van der Waals surface area contributed by atoms with Crippen LogP contribution in [0.2, 0.25) is 0 Å². The number of carbonyl (C=O) groups is 1. The Morgan fingerprint density at radius 2 is 1.97 bits per heavy atom. The summed E-state index contributed by atoms with van der Waals surface area (Å²) in [4.78, 5) is 28.0. The van der Waals surface area contributed by atoms with Gasteiger partial charge in [0.25, 0.3) is 11.8 Å². The molecule has 30 heavy (non-hydrogen) atoms. The Bertz CT molecular complexity index is 1060. The maximum atomic E-state index is 14.0. The van der Waals surface area contributed by atoms with Crippen LogP contribution in [0.4, 0.5) is 23.4 Å². The van der Waals surface area contributed by atoms with E-state index in [4.69, 9.17) is 9.84 Å². The number of halogens is 4. The van der Waals surface area contributed by atoms with Crippen LogP contribution in [-0.2, 0) is 4.74 Å². The van der Waals surface area contributed by atoms with Gasteiger partial charge in [0.1, 0.15) is 5.82 Å². The molecule has 1 fully saturated rings. The molecule has 0 bridgehead atoms. The van der Waals surface area contributed by atoms with Crippen LogP contribution in [0.3, 0.4) is 0 Å². The van der Waals surface area contributed by atoms with E-state index in [0.717, 1.165) is 24.4 Å². The average molecular weight is 431 g/mol. The number of benzene rings is 1. The number of carbonyl (C=O) groups excluding carboxylic acids is 1. The molecule has 2 aliphatic heterocycles. The van der Waals surface area contributed by atoms with Gasteiger partial charge < -0.3 is 24.6 Å². The molecule has 2 aromatic rings. The Morgan fingerprint density at radius 3 is 2.63 bits per heavy atom. The summed E-state index contributed by atoms with van der Waals surface area (Å²) in [5, 5.41) is 11.3. The molecule has 2 unspecified atom stereocenters. The molecule has 2 aliphatic rings. The second kappa shape index (κ2) is 6.95. The fraction of sp³-hybridized carbons (Fsp3) is 0.353. The molecule has 1 aromatic heterocycles. The third-order valence-corrected chi connectivity index (χ3v) is 4.37. The van der Waals surface area contributed by atoms with Gasteiger partial charge in [-0.1, -0.05) is 0 Å². The van der Waals surface area contributed by atoms with Crippen LogP contribution in [0.25, 0.3) is 0 Å². The molecule has 1 saturated heterocycles. The lowest BCUT2D eigenvalue weighted by atomic mass is 10.2. The lowest BCUT2D eigenvalue weighted by molar-refractivity contribution is -0.286. The molecule has 0 radical (unpaired) electrons. The number of nitrogens with zero attached hydrogens (tertiary/aromatic N) is 2. The summed E-state index contributed by atoms with van der Waals surface area (Å²) in [5.41, 5.74) is -1.22. The Hall–Kier alpha value is -3.19. The predicted octanol–water partition coefficient (Wildman–Crippen LogP) is 1.73. The number of ether oxygens (including phenoxy) is 3. The summed E-state index contributed by atoms with van der Waals surface area (Å²) < 4.78 is 68.2. The average Bonchev–Trinajstić information content (AvgIpc) is 3.14. The number of alkyl halides is 4. The zero-order chi connectivity index (χ0) is 21.7. The van der Waals surface area contributed by atoms with E-state index in [1.807, 2.05) is 0 Å². The predicted molar refractivity (Wildman–Crippen MR) is 89.7 cm³/mol. The molecule has 2 N–H and O–H groups in total. The number of aromatic nitrogens is 2. The highest BCUT2D eigenvalue weighted by Crippen LogP contribution is 2.42. The first kappa shape index (κ1) is 20.1. The third-order valence-electron chi connectivity index (χ3n) is 4.37. The smallest absolute Gasteiger partial charge is 0.395 e. The van der Waals surface area contributed by atoms with Gasteiger partial charge in [-0.25, -0.2) is 13.6 Å². The summed E-state index contributed by atoms with van der Waals surface area (Å²) >= 11 is 0. The highest BCUT2D eigenvalue weighted by molar-refractivity contribution is 6.04. The molecule has 3 heterocycles. The zero-order valence-electron chi connectivity index (χ0n) is 14.9. The van der Waals surface area contributed by atoms with Gasteiger partial charge in [0.15, 0.2) is 11.5 Å². The van der Waals surface area contributed by atoms with Gasteiger partial charge in [-0.05, 0) is 24.3 Å². The van der Waals surface area contributed by atoms with Crippen molar-refractivity contribution in [2.24, 2.45) is 0 Å². The highest BCUT2D eigenvalue weighted by Gasteiger charge is 2.51. The van der Waals surface area contributed by atoms with Crippen molar-refractivity contribution in [3.8, 4) is 11.5 Å². The van der Waals surface area contributed by atoms with Crippen molar-refractivity contribution in [2.45, 2.75) is 31.0 Å². The molecule has 13 heteroatoms. The van der Waals surface area contributed by atoms with Crippen LogP contribution in [0.15, 0.2) is 35.3 Å². The highest BCUT2D eigenvalue weighted by atomic mass is 19.3. The summed E-state index contributed by atoms with van der Waals surface area (Å²) in [6.45, 7) is -0.635. The van der Waals surface area contributed by atoms with Crippen molar-refractivity contribution in [3.63, 3.8) is 0 Å². The van der Waals surface area contributed by atoms with Crippen molar-refractivity contribution in [3.05, 3.63) is 46.5 Å². The molecular weight excluding hydrogens is 418 g/mol. The van der Waals surface area contributed by atoms with Crippen LogP contribution in [-0.4, -0.2) is 45.5 Å². The van der Waals surface area contributed by atoms with E-state index in [2.05, 4.69) is 19.8 Å². The first-order valence-corrected chi connectivity index (χ1v) is 8.52. The van der Waals surface area contributed by atoms with E-state index in [1.165, 1.54) is 6.07 Å². The van der Waals surface area contributed by atoms with Gasteiger partial charge in [0.2, 0.25) is 6.23 Å². The first-order chi connectivity index (χ1) is 14.1. The number of amides is 1. The van der Waals surface area contributed by atoms with E-state index in [0.29, 0.717) is 4.57 Å². The minimum Gasteiger partial charge on any atom is -0.395 e. The number of nitrogens with one attached hydrogen (secondary N) is 1. The molecule has 1 amide bonds. The number of aliphatic hydroxyl groups is 1. The summed E-state index contributed by atoms with van der Waals surface area (Å²) in [6, 6.07) is 4.39. The van der Waals surface area contributed by atoms with E-state index in [1.54, 1.807) is 0 Å². The van der Waals surface area contributed by atoms with Gasteiger partial charge in [-0.15, -0.1) is 8.78 Å². The van der Waals surface area contributed by atoms with Crippen molar-refractivity contribution < 1.29 is 41.7 Å². The van der Waals surface area contributed by atoms with Crippen LogP contribution in [0.1, 0.15) is 23.0 Å². The molecule has 2 atom stereocenters. The summed E-state index contributed by atoms with van der Waals surface area (Å²) in [7, 11) is 0. The molecule has 160 valence electrons. The number of anilines is 1. The second-order valence-electron chi connectivity index (χ2n) is 6.54. The fourth-order valence-electron chi connectivity index (χ4n) is 3.05. The number of hydrogen-bond donors (Lipinski definition) is 2. The SMILES string of the molecule is O=C(Nc1ccn(C2OC(CO)CC2(F)F)c(=O)n1)c1ccc2c(c1)OC(F)(F)O2. The number of hydrogen-bond acceptors (Lipinski definition) is 7. The minimum absolute atomic E-state index is 0.0996. The van der Waals surface area contributed by atoms with Crippen LogP contribution >= 0.6 is 0 Å². The quantitative estimate of drug-likeness (QED) is 0.710. The van der Waals surface area contributed by atoms with Gasteiger partial charge in [0, 0.05) is 18.2 Å². The van der Waals surface area contributed by atoms with E-state index in [9.17, 15) is 27.2 Å². The lowest BCUT2D eigenvalue weighted by Gasteiger charge is -2.19. The molecular formula is C17H13F4N3O6.